The molecule has 0 unspecified atom stereocenters. The molecule has 0 saturated heterocycles. The van der Waals surface area contributed by atoms with Crippen LogP contribution in [0.1, 0.15) is 28.4 Å². The summed E-state index contributed by atoms with van der Waals surface area (Å²) in [5.41, 5.74) is -0.482. The molecule has 0 atom stereocenters. The Morgan fingerprint density at radius 2 is 2.21 bits per heavy atom. The molecule has 0 bridgehead atoms. The zero-order valence-corrected chi connectivity index (χ0v) is 10.0. The molecular weight excluding hydrogens is 260 g/mol. The Morgan fingerprint density at radius 1 is 1.53 bits per heavy atom. The number of esters is 1. The minimum Gasteiger partial charge on any atom is -0.462 e. The maximum atomic E-state index is 12.4. The molecular formula is C12H11F2NO4. The molecule has 1 aromatic rings. The second-order valence-corrected chi connectivity index (χ2v) is 3.34. The van der Waals surface area contributed by atoms with Gasteiger partial charge < -0.3 is 14.6 Å². The number of rotatable bonds is 5. The van der Waals surface area contributed by atoms with Gasteiger partial charge in [0.05, 0.1) is 24.8 Å². The predicted octanol–water partition coefficient (Wildman–Crippen LogP) is 1.83. The number of hydrogen-bond acceptors (Lipinski definition) is 5. The number of hydrogen-bond donors (Lipinski definition) is 1. The lowest BCUT2D eigenvalue weighted by atomic mass is 10.0. The average molecular weight is 271 g/mol. The van der Waals surface area contributed by atoms with E-state index in [1.807, 2.05) is 0 Å². The molecule has 0 spiro atoms. The molecule has 0 aliphatic rings. The number of nitriles is 1. The summed E-state index contributed by atoms with van der Waals surface area (Å²) in [5.74, 6) is -1.40. The molecule has 1 aromatic carbocycles. The molecule has 0 aromatic heterocycles. The first-order valence-electron chi connectivity index (χ1n) is 5.33. The Hall–Kier alpha value is -2.20. The molecule has 0 fully saturated rings. The number of ether oxygens (including phenoxy) is 2. The summed E-state index contributed by atoms with van der Waals surface area (Å²) in [6.07, 6.45) is 0. The molecule has 0 radical (unpaired) electrons. The van der Waals surface area contributed by atoms with Gasteiger partial charge in [0, 0.05) is 5.56 Å². The molecule has 0 aliphatic heterocycles. The van der Waals surface area contributed by atoms with E-state index in [-0.39, 0.29) is 23.3 Å². The minimum atomic E-state index is -3.19. The van der Waals surface area contributed by atoms with E-state index in [0.29, 0.717) is 0 Å². The standard InChI is InChI=1S/C12H11F2NO4/c1-2-18-11(17)8-4-3-7(5-15)9(6-16)10(8)19-12(13)14/h3-4,12,16H,2,6H2,1H3. The molecule has 0 aliphatic carbocycles. The first kappa shape index (κ1) is 14.9. The maximum absolute atomic E-state index is 12.4. The summed E-state index contributed by atoms with van der Waals surface area (Å²) in [5, 5.41) is 18.0. The van der Waals surface area contributed by atoms with Crippen molar-refractivity contribution in [3.63, 3.8) is 0 Å². The van der Waals surface area contributed by atoms with Crippen molar-refractivity contribution in [2.45, 2.75) is 20.1 Å². The van der Waals surface area contributed by atoms with Crippen LogP contribution in [0.4, 0.5) is 8.78 Å². The van der Waals surface area contributed by atoms with E-state index in [2.05, 4.69) is 4.74 Å². The third kappa shape index (κ3) is 3.39. The summed E-state index contributed by atoms with van der Waals surface area (Å²) < 4.78 is 33.7. The van der Waals surface area contributed by atoms with Crippen LogP contribution in [-0.4, -0.2) is 24.3 Å². The van der Waals surface area contributed by atoms with E-state index in [4.69, 9.17) is 15.1 Å². The van der Waals surface area contributed by atoms with Gasteiger partial charge in [-0.05, 0) is 19.1 Å². The summed E-state index contributed by atoms with van der Waals surface area (Å²) in [6.45, 7) is -2.28. The molecule has 102 valence electrons. The van der Waals surface area contributed by atoms with Gasteiger partial charge in [0.2, 0.25) is 0 Å². The fourth-order valence-corrected chi connectivity index (χ4v) is 1.48. The van der Waals surface area contributed by atoms with Gasteiger partial charge in [0.25, 0.3) is 0 Å². The SMILES string of the molecule is CCOC(=O)c1ccc(C#N)c(CO)c1OC(F)F. The fraction of sp³-hybridized carbons (Fsp3) is 0.333. The molecule has 7 heteroatoms. The quantitative estimate of drug-likeness (QED) is 0.826. The van der Waals surface area contributed by atoms with Crippen LogP contribution < -0.4 is 4.74 Å². The van der Waals surface area contributed by atoms with E-state index >= 15 is 0 Å². The van der Waals surface area contributed by atoms with Crippen molar-refractivity contribution in [3.8, 4) is 11.8 Å². The summed E-state index contributed by atoms with van der Waals surface area (Å²) in [4.78, 5) is 11.6. The maximum Gasteiger partial charge on any atom is 0.387 e. The highest BCUT2D eigenvalue weighted by Crippen LogP contribution is 2.29. The van der Waals surface area contributed by atoms with Gasteiger partial charge in [-0.1, -0.05) is 0 Å². The van der Waals surface area contributed by atoms with Crippen LogP contribution in [0.15, 0.2) is 12.1 Å². The van der Waals surface area contributed by atoms with Crippen molar-refractivity contribution in [3.05, 3.63) is 28.8 Å². The lowest BCUT2D eigenvalue weighted by molar-refractivity contribution is -0.0515. The number of alkyl halides is 2. The molecule has 1 N–H and O–H groups in total. The highest BCUT2D eigenvalue weighted by Gasteiger charge is 2.22. The molecule has 0 amide bonds. The van der Waals surface area contributed by atoms with Crippen molar-refractivity contribution < 1.29 is 28.2 Å². The van der Waals surface area contributed by atoms with Crippen LogP contribution in [0, 0.1) is 11.3 Å². The molecule has 0 heterocycles. The van der Waals surface area contributed by atoms with E-state index in [1.165, 1.54) is 6.07 Å². The Bertz CT molecular complexity index is 511. The Morgan fingerprint density at radius 3 is 2.68 bits per heavy atom. The highest BCUT2D eigenvalue weighted by molar-refractivity contribution is 5.93. The van der Waals surface area contributed by atoms with Gasteiger partial charge in [0.15, 0.2) is 0 Å². The van der Waals surface area contributed by atoms with Crippen LogP contribution in [-0.2, 0) is 11.3 Å². The lowest BCUT2D eigenvalue weighted by Gasteiger charge is -2.14. The lowest BCUT2D eigenvalue weighted by Crippen LogP contribution is -2.13. The van der Waals surface area contributed by atoms with Crippen molar-refractivity contribution >= 4 is 5.97 Å². The largest absolute Gasteiger partial charge is 0.462 e. The summed E-state index contributed by atoms with van der Waals surface area (Å²) in [6, 6.07) is 4.10. The van der Waals surface area contributed by atoms with Gasteiger partial charge in [-0.25, -0.2) is 4.79 Å². The van der Waals surface area contributed by atoms with Gasteiger partial charge in [-0.2, -0.15) is 14.0 Å². The Labute approximate surface area is 108 Å². The monoisotopic (exact) mass is 271 g/mol. The topological polar surface area (TPSA) is 79.6 Å². The van der Waals surface area contributed by atoms with Crippen LogP contribution in [0.2, 0.25) is 0 Å². The first-order valence-corrected chi connectivity index (χ1v) is 5.33. The molecule has 1 rings (SSSR count). The third-order valence-corrected chi connectivity index (χ3v) is 2.24. The van der Waals surface area contributed by atoms with Crippen molar-refractivity contribution in [2.24, 2.45) is 0 Å². The van der Waals surface area contributed by atoms with Crippen LogP contribution in [0.3, 0.4) is 0 Å². The molecule has 19 heavy (non-hydrogen) atoms. The van der Waals surface area contributed by atoms with Crippen LogP contribution in [0.25, 0.3) is 0 Å². The third-order valence-electron chi connectivity index (χ3n) is 2.24. The van der Waals surface area contributed by atoms with E-state index < -0.39 is 24.9 Å². The van der Waals surface area contributed by atoms with E-state index in [9.17, 15) is 13.6 Å². The summed E-state index contributed by atoms with van der Waals surface area (Å²) in [7, 11) is 0. The molecule has 0 saturated carbocycles. The number of aliphatic hydroxyl groups excluding tert-OH is 1. The first-order chi connectivity index (χ1) is 9.04. The molecule has 5 nitrogen and oxygen atoms in total. The van der Waals surface area contributed by atoms with Gasteiger partial charge >= 0.3 is 12.6 Å². The van der Waals surface area contributed by atoms with Gasteiger partial charge in [-0.15, -0.1) is 0 Å². The van der Waals surface area contributed by atoms with Crippen molar-refractivity contribution in [1.82, 2.24) is 0 Å². The van der Waals surface area contributed by atoms with E-state index in [1.54, 1.807) is 13.0 Å². The number of nitrogens with zero attached hydrogens (tertiary/aromatic N) is 1. The number of carbonyl (C=O) groups is 1. The zero-order valence-electron chi connectivity index (χ0n) is 10.0. The van der Waals surface area contributed by atoms with E-state index in [0.717, 1.165) is 6.07 Å². The minimum absolute atomic E-state index is 0.0498. The normalized spacial score (nSPS) is 10.1. The fourth-order valence-electron chi connectivity index (χ4n) is 1.48. The number of carbonyl (C=O) groups excluding carboxylic acids is 1. The van der Waals surface area contributed by atoms with Crippen molar-refractivity contribution in [1.29, 1.82) is 5.26 Å². The smallest absolute Gasteiger partial charge is 0.387 e. The number of halogens is 2. The average Bonchev–Trinajstić information content (AvgIpc) is 2.37. The zero-order chi connectivity index (χ0) is 14.4. The van der Waals surface area contributed by atoms with Crippen LogP contribution >= 0.6 is 0 Å². The Balaban J connectivity index is 3.38. The Kier molecular flexibility index (Phi) is 5.21. The second-order valence-electron chi connectivity index (χ2n) is 3.34. The predicted molar refractivity (Wildman–Crippen MR) is 59.7 cm³/mol. The van der Waals surface area contributed by atoms with Crippen molar-refractivity contribution in [2.75, 3.05) is 6.61 Å². The number of aliphatic hydroxyl groups is 1. The second kappa shape index (κ2) is 6.66. The summed E-state index contributed by atoms with van der Waals surface area (Å²) >= 11 is 0. The highest BCUT2D eigenvalue weighted by atomic mass is 19.3. The number of benzene rings is 1. The van der Waals surface area contributed by atoms with Gasteiger partial charge in [0.1, 0.15) is 11.3 Å². The van der Waals surface area contributed by atoms with Gasteiger partial charge in [-0.3, -0.25) is 0 Å². The van der Waals surface area contributed by atoms with Crippen LogP contribution in [0.5, 0.6) is 5.75 Å².